The maximum atomic E-state index is 12.8. The summed E-state index contributed by atoms with van der Waals surface area (Å²) in [5, 5.41) is 0. The Morgan fingerprint density at radius 3 is 1.91 bits per heavy atom. The van der Waals surface area contributed by atoms with E-state index >= 15 is 0 Å². The van der Waals surface area contributed by atoms with Gasteiger partial charge in [0.2, 0.25) is 0 Å². The van der Waals surface area contributed by atoms with Crippen molar-refractivity contribution in [2.24, 2.45) is 0 Å². The molecule has 0 aliphatic carbocycles. The molecule has 23 heavy (non-hydrogen) atoms. The first-order valence-corrected chi connectivity index (χ1v) is 9.52. The van der Waals surface area contributed by atoms with E-state index in [-0.39, 0.29) is 25.4 Å². The van der Waals surface area contributed by atoms with Crippen molar-refractivity contribution < 1.29 is 27.6 Å². The molecule has 7 heteroatoms. The summed E-state index contributed by atoms with van der Waals surface area (Å²) >= 11 is 0. The molecule has 2 aliphatic rings. The predicted octanol–water partition coefficient (Wildman–Crippen LogP) is 3.13. The van der Waals surface area contributed by atoms with Crippen LogP contribution in [-0.4, -0.2) is 38.6 Å². The summed E-state index contributed by atoms with van der Waals surface area (Å²) in [6.45, 7) is 5.54. The molecule has 1 aromatic rings. The van der Waals surface area contributed by atoms with Crippen LogP contribution in [0.3, 0.4) is 0 Å². The van der Waals surface area contributed by atoms with Crippen molar-refractivity contribution in [3.05, 3.63) is 29.3 Å². The fraction of sp³-hybridized carbons (Fsp3) is 0.625. The summed E-state index contributed by atoms with van der Waals surface area (Å²) < 4.78 is 39.7. The Bertz CT molecular complexity index is 540. The molecule has 2 heterocycles. The minimum absolute atomic E-state index is 0.211. The highest BCUT2D eigenvalue weighted by molar-refractivity contribution is 7.48. The van der Waals surface area contributed by atoms with Crippen molar-refractivity contribution in [3.8, 4) is 5.75 Å². The minimum atomic E-state index is -3.62. The summed E-state index contributed by atoms with van der Waals surface area (Å²) in [6.07, 6.45) is 1.88. The zero-order valence-corrected chi connectivity index (χ0v) is 14.4. The summed E-state index contributed by atoms with van der Waals surface area (Å²) in [7, 11) is -3.62. The Hall–Kier alpha value is -0.910. The monoisotopic (exact) mass is 342 g/mol. The molecule has 2 fully saturated rings. The molecule has 1 aromatic carbocycles. The first-order valence-electron chi connectivity index (χ1n) is 8.06. The SMILES string of the molecule is CCOP(=O)(OCC)Oc1c(CC2CO2)cccc1CC1CO1. The highest BCUT2D eigenvalue weighted by atomic mass is 31.2. The Morgan fingerprint density at radius 2 is 1.52 bits per heavy atom. The average molecular weight is 342 g/mol. The Balaban J connectivity index is 1.87. The van der Waals surface area contributed by atoms with Gasteiger partial charge in [0.1, 0.15) is 5.75 Å². The molecule has 0 N–H and O–H groups in total. The first kappa shape index (κ1) is 16.9. The summed E-state index contributed by atoms with van der Waals surface area (Å²) in [6, 6.07) is 5.92. The van der Waals surface area contributed by atoms with Gasteiger partial charge in [0.25, 0.3) is 0 Å². The van der Waals surface area contributed by atoms with Crippen LogP contribution in [0.15, 0.2) is 18.2 Å². The van der Waals surface area contributed by atoms with Crippen molar-refractivity contribution in [1.29, 1.82) is 0 Å². The molecule has 2 atom stereocenters. The smallest absolute Gasteiger partial charge is 0.403 e. The van der Waals surface area contributed by atoms with Gasteiger partial charge in [0, 0.05) is 12.8 Å². The van der Waals surface area contributed by atoms with Gasteiger partial charge in [0.05, 0.1) is 38.6 Å². The number of para-hydroxylation sites is 1. The maximum absolute atomic E-state index is 12.8. The second kappa shape index (κ2) is 7.32. The molecule has 2 saturated heterocycles. The molecule has 0 spiro atoms. The lowest BCUT2D eigenvalue weighted by atomic mass is 10.0. The Labute approximate surface area is 136 Å². The summed E-state index contributed by atoms with van der Waals surface area (Å²) in [4.78, 5) is 0. The molecule has 0 bridgehead atoms. The van der Waals surface area contributed by atoms with E-state index in [0.717, 1.165) is 37.2 Å². The van der Waals surface area contributed by atoms with E-state index in [2.05, 4.69) is 0 Å². The molecular weight excluding hydrogens is 319 g/mol. The zero-order chi connectivity index (χ0) is 16.3. The molecule has 0 radical (unpaired) electrons. The standard InChI is InChI=1S/C16H23O6P/c1-3-20-23(17,21-4-2)22-16-12(8-14-10-18-14)6-5-7-13(16)9-15-11-19-15/h5-7,14-15H,3-4,8-11H2,1-2H3. The number of hydrogen-bond acceptors (Lipinski definition) is 6. The minimum Gasteiger partial charge on any atom is -0.403 e. The molecule has 0 saturated carbocycles. The number of phosphoric acid groups is 1. The van der Waals surface area contributed by atoms with E-state index in [1.807, 2.05) is 18.2 Å². The second-order valence-corrected chi connectivity index (χ2v) is 7.19. The summed E-state index contributed by atoms with van der Waals surface area (Å²) in [5.74, 6) is 0.587. The molecule has 0 aromatic heterocycles. The normalized spacial score (nSPS) is 22.9. The van der Waals surface area contributed by atoms with E-state index in [1.54, 1.807) is 13.8 Å². The molecule has 0 amide bonds. The van der Waals surface area contributed by atoms with Gasteiger partial charge in [-0.05, 0) is 25.0 Å². The van der Waals surface area contributed by atoms with E-state index in [4.69, 9.17) is 23.0 Å². The second-order valence-electron chi connectivity index (χ2n) is 5.60. The van der Waals surface area contributed by atoms with Crippen LogP contribution >= 0.6 is 7.82 Å². The fourth-order valence-electron chi connectivity index (χ4n) is 2.46. The molecule has 128 valence electrons. The predicted molar refractivity (Wildman–Crippen MR) is 84.8 cm³/mol. The third-order valence-corrected chi connectivity index (χ3v) is 5.21. The Kier molecular flexibility index (Phi) is 5.39. The molecule has 6 nitrogen and oxygen atoms in total. The van der Waals surface area contributed by atoms with Crippen LogP contribution in [0.5, 0.6) is 5.75 Å². The van der Waals surface area contributed by atoms with Gasteiger partial charge in [-0.15, -0.1) is 0 Å². The van der Waals surface area contributed by atoms with Gasteiger partial charge >= 0.3 is 7.82 Å². The summed E-state index contributed by atoms with van der Waals surface area (Å²) in [5.41, 5.74) is 1.93. The third kappa shape index (κ3) is 4.78. The Morgan fingerprint density at radius 1 is 1.04 bits per heavy atom. The number of benzene rings is 1. The van der Waals surface area contributed by atoms with Crippen molar-refractivity contribution in [1.82, 2.24) is 0 Å². The van der Waals surface area contributed by atoms with Gasteiger partial charge in [-0.3, -0.25) is 9.05 Å². The average Bonchev–Trinajstić information content (AvgIpc) is 3.38. The molecular formula is C16H23O6P. The van der Waals surface area contributed by atoms with Crippen molar-refractivity contribution in [2.45, 2.75) is 38.9 Å². The highest BCUT2D eigenvalue weighted by Crippen LogP contribution is 2.51. The van der Waals surface area contributed by atoms with Crippen LogP contribution < -0.4 is 4.52 Å². The molecule has 3 rings (SSSR count). The topological polar surface area (TPSA) is 69.8 Å². The molecule has 2 unspecified atom stereocenters. The lowest BCUT2D eigenvalue weighted by Gasteiger charge is -2.21. The van der Waals surface area contributed by atoms with E-state index in [1.165, 1.54) is 0 Å². The number of phosphoric ester groups is 1. The third-order valence-electron chi connectivity index (χ3n) is 3.66. The first-order chi connectivity index (χ1) is 11.1. The highest BCUT2D eigenvalue weighted by Gasteiger charge is 2.33. The number of hydrogen-bond donors (Lipinski definition) is 0. The lowest BCUT2D eigenvalue weighted by Crippen LogP contribution is -2.08. The zero-order valence-electron chi connectivity index (χ0n) is 13.5. The maximum Gasteiger partial charge on any atom is 0.530 e. The largest absolute Gasteiger partial charge is 0.530 e. The van der Waals surface area contributed by atoms with Crippen molar-refractivity contribution >= 4 is 7.82 Å². The van der Waals surface area contributed by atoms with Crippen molar-refractivity contribution in [3.63, 3.8) is 0 Å². The fourth-order valence-corrected chi connectivity index (χ4v) is 3.73. The molecule has 2 aliphatic heterocycles. The van der Waals surface area contributed by atoms with Crippen LogP contribution in [0.25, 0.3) is 0 Å². The van der Waals surface area contributed by atoms with Gasteiger partial charge in [-0.25, -0.2) is 4.57 Å². The van der Waals surface area contributed by atoms with Gasteiger partial charge in [0.15, 0.2) is 0 Å². The van der Waals surface area contributed by atoms with Gasteiger partial charge < -0.3 is 14.0 Å². The van der Waals surface area contributed by atoms with Crippen LogP contribution in [0.2, 0.25) is 0 Å². The quantitative estimate of drug-likeness (QED) is 0.481. The van der Waals surface area contributed by atoms with Crippen LogP contribution in [0.4, 0.5) is 0 Å². The lowest BCUT2D eigenvalue weighted by molar-refractivity contribution is 0.166. The van der Waals surface area contributed by atoms with E-state index in [0.29, 0.717) is 5.75 Å². The van der Waals surface area contributed by atoms with Gasteiger partial charge in [-0.2, -0.15) is 0 Å². The van der Waals surface area contributed by atoms with E-state index < -0.39 is 7.82 Å². The number of rotatable bonds is 10. The van der Waals surface area contributed by atoms with E-state index in [9.17, 15) is 4.57 Å². The van der Waals surface area contributed by atoms with Crippen molar-refractivity contribution in [2.75, 3.05) is 26.4 Å². The van der Waals surface area contributed by atoms with Crippen LogP contribution in [-0.2, 0) is 35.9 Å². The van der Waals surface area contributed by atoms with Gasteiger partial charge in [-0.1, -0.05) is 18.2 Å². The van der Waals surface area contributed by atoms with Crippen LogP contribution in [0.1, 0.15) is 25.0 Å². The number of ether oxygens (including phenoxy) is 2. The number of epoxide rings is 2. The van der Waals surface area contributed by atoms with Crippen LogP contribution in [0, 0.1) is 0 Å².